The average molecular weight is 224 g/mol. The van der Waals surface area contributed by atoms with Crippen molar-refractivity contribution in [3.05, 3.63) is 0 Å². The Bertz CT molecular complexity index is 256. The molecular weight excluding hydrogens is 204 g/mol. The lowest BCUT2D eigenvalue weighted by molar-refractivity contribution is -0.134. The van der Waals surface area contributed by atoms with Gasteiger partial charge >= 0.3 is 0 Å². The molecule has 16 heavy (non-hydrogen) atoms. The van der Waals surface area contributed by atoms with Crippen molar-refractivity contribution >= 4 is 5.91 Å². The van der Waals surface area contributed by atoms with Crippen molar-refractivity contribution < 1.29 is 9.90 Å². The van der Waals surface area contributed by atoms with Crippen LogP contribution in [0.2, 0.25) is 0 Å². The van der Waals surface area contributed by atoms with Crippen molar-refractivity contribution in [2.75, 3.05) is 26.2 Å². The Balaban J connectivity index is 2.34. The van der Waals surface area contributed by atoms with Crippen LogP contribution in [0, 0.1) is 12.3 Å². The Morgan fingerprint density at radius 2 is 2.31 bits per heavy atom. The van der Waals surface area contributed by atoms with Crippen LogP contribution in [0.15, 0.2) is 0 Å². The standard InChI is InChI=1S/C12H20N2O2/c1-2-7-13-10-12(16)14(8-4-9-15)11-5-3-6-11/h1,11,13,15H,3-10H2. The minimum atomic E-state index is 0.0911. The van der Waals surface area contributed by atoms with Gasteiger partial charge in [-0.1, -0.05) is 5.92 Å². The minimum absolute atomic E-state index is 0.0911. The highest BCUT2D eigenvalue weighted by Gasteiger charge is 2.27. The molecule has 1 fully saturated rings. The van der Waals surface area contributed by atoms with Crippen LogP contribution in [0.4, 0.5) is 0 Å². The SMILES string of the molecule is C#CCNCC(=O)N(CCCO)C1CCC1. The zero-order valence-electron chi connectivity index (χ0n) is 9.61. The minimum Gasteiger partial charge on any atom is -0.396 e. The van der Waals surface area contributed by atoms with E-state index >= 15 is 0 Å². The maximum Gasteiger partial charge on any atom is 0.236 e. The topological polar surface area (TPSA) is 52.6 Å². The van der Waals surface area contributed by atoms with Crippen LogP contribution in [0.5, 0.6) is 0 Å². The van der Waals surface area contributed by atoms with E-state index in [1.165, 1.54) is 6.42 Å². The van der Waals surface area contributed by atoms with Gasteiger partial charge in [0.1, 0.15) is 0 Å². The van der Waals surface area contributed by atoms with Gasteiger partial charge in [0.25, 0.3) is 0 Å². The van der Waals surface area contributed by atoms with Crippen molar-refractivity contribution in [3.8, 4) is 12.3 Å². The second kappa shape index (κ2) is 7.26. The zero-order chi connectivity index (χ0) is 11.8. The molecule has 4 nitrogen and oxygen atoms in total. The second-order valence-electron chi connectivity index (χ2n) is 4.06. The summed E-state index contributed by atoms with van der Waals surface area (Å²) in [6.07, 6.45) is 9.13. The quantitative estimate of drug-likeness (QED) is 0.472. The van der Waals surface area contributed by atoms with Crippen LogP contribution < -0.4 is 5.32 Å². The van der Waals surface area contributed by atoms with Crippen molar-refractivity contribution in [2.45, 2.75) is 31.7 Å². The van der Waals surface area contributed by atoms with Gasteiger partial charge in [-0.3, -0.25) is 10.1 Å². The number of hydrogen-bond donors (Lipinski definition) is 2. The number of aliphatic hydroxyl groups is 1. The largest absolute Gasteiger partial charge is 0.396 e. The summed E-state index contributed by atoms with van der Waals surface area (Å²) in [5, 5.41) is 11.7. The number of carbonyl (C=O) groups is 1. The summed E-state index contributed by atoms with van der Waals surface area (Å²) in [4.78, 5) is 13.7. The Kier molecular flexibility index (Phi) is 5.91. The number of nitrogens with one attached hydrogen (secondary N) is 1. The van der Waals surface area contributed by atoms with Gasteiger partial charge in [-0.05, 0) is 25.7 Å². The summed E-state index contributed by atoms with van der Waals surface area (Å²) in [6, 6.07) is 0.381. The Morgan fingerprint density at radius 3 is 2.81 bits per heavy atom. The molecule has 1 rings (SSSR count). The number of hydrogen-bond acceptors (Lipinski definition) is 3. The van der Waals surface area contributed by atoms with E-state index in [2.05, 4.69) is 11.2 Å². The summed E-state index contributed by atoms with van der Waals surface area (Å²) in [5.41, 5.74) is 0. The van der Waals surface area contributed by atoms with Crippen LogP contribution in [0.25, 0.3) is 0 Å². The average Bonchev–Trinajstić information content (AvgIpc) is 2.21. The van der Waals surface area contributed by atoms with Gasteiger partial charge in [0.15, 0.2) is 0 Å². The molecule has 0 atom stereocenters. The third kappa shape index (κ3) is 3.84. The summed E-state index contributed by atoms with van der Waals surface area (Å²) in [5.74, 6) is 2.53. The van der Waals surface area contributed by atoms with E-state index in [1.807, 2.05) is 4.90 Å². The molecule has 0 unspecified atom stereocenters. The van der Waals surface area contributed by atoms with Crippen molar-refractivity contribution in [1.82, 2.24) is 10.2 Å². The maximum atomic E-state index is 11.9. The third-order valence-corrected chi connectivity index (χ3v) is 2.90. The van der Waals surface area contributed by atoms with Gasteiger partial charge in [-0.2, -0.15) is 0 Å². The smallest absolute Gasteiger partial charge is 0.236 e. The van der Waals surface area contributed by atoms with Gasteiger partial charge in [-0.15, -0.1) is 6.42 Å². The molecule has 0 radical (unpaired) electrons. The molecule has 1 amide bonds. The van der Waals surface area contributed by atoms with E-state index in [4.69, 9.17) is 11.5 Å². The highest BCUT2D eigenvalue weighted by atomic mass is 16.3. The van der Waals surface area contributed by atoms with Crippen molar-refractivity contribution in [3.63, 3.8) is 0 Å². The van der Waals surface area contributed by atoms with Crippen molar-refractivity contribution in [2.24, 2.45) is 0 Å². The Hall–Kier alpha value is -1.05. The summed E-state index contributed by atoms with van der Waals surface area (Å²) in [6.45, 7) is 1.50. The van der Waals surface area contributed by atoms with Gasteiger partial charge in [0.05, 0.1) is 13.1 Å². The molecule has 0 bridgehead atoms. The molecule has 0 aromatic carbocycles. The fourth-order valence-corrected chi connectivity index (χ4v) is 1.79. The van der Waals surface area contributed by atoms with Crippen LogP contribution in [-0.4, -0.2) is 48.2 Å². The summed E-state index contributed by atoms with van der Waals surface area (Å²) in [7, 11) is 0. The number of nitrogens with zero attached hydrogens (tertiary/aromatic N) is 1. The molecule has 0 aliphatic heterocycles. The van der Waals surface area contributed by atoms with E-state index in [9.17, 15) is 4.79 Å². The number of amides is 1. The molecule has 0 spiro atoms. The second-order valence-corrected chi connectivity index (χ2v) is 4.06. The monoisotopic (exact) mass is 224 g/mol. The number of rotatable bonds is 7. The van der Waals surface area contributed by atoms with Gasteiger partial charge in [-0.25, -0.2) is 0 Å². The fraction of sp³-hybridized carbons (Fsp3) is 0.750. The molecule has 4 heteroatoms. The molecule has 1 aliphatic carbocycles. The Labute approximate surface area is 97.0 Å². The van der Waals surface area contributed by atoms with Crippen LogP contribution in [0.3, 0.4) is 0 Å². The molecule has 2 N–H and O–H groups in total. The number of terminal acetylenes is 1. The molecule has 1 saturated carbocycles. The predicted octanol–water partition coefficient (Wildman–Crippen LogP) is -0.0273. The lowest BCUT2D eigenvalue weighted by Crippen LogP contribution is -2.48. The highest BCUT2D eigenvalue weighted by molar-refractivity contribution is 5.78. The van der Waals surface area contributed by atoms with Crippen LogP contribution in [-0.2, 0) is 4.79 Å². The molecule has 0 aromatic rings. The molecule has 90 valence electrons. The lowest BCUT2D eigenvalue weighted by atomic mass is 9.91. The molecule has 0 saturated heterocycles. The van der Waals surface area contributed by atoms with Gasteiger partial charge < -0.3 is 10.0 Å². The van der Waals surface area contributed by atoms with E-state index in [1.54, 1.807) is 0 Å². The first kappa shape index (κ1) is 13.0. The first-order valence-electron chi connectivity index (χ1n) is 5.84. The fourth-order valence-electron chi connectivity index (χ4n) is 1.79. The molecule has 0 aromatic heterocycles. The molecular formula is C12H20N2O2. The lowest BCUT2D eigenvalue weighted by Gasteiger charge is -2.37. The van der Waals surface area contributed by atoms with Crippen molar-refractivity contribution in [1.29, 1.82) is 0 Å². The predicted molar refractivity (Wildman–Crippen MR) is 62.8 cm³/mol. The maximum absolute atomic E-state index is 11.9. The number of aliphatic hydroxyl groups excluding tert-OH is 1. The van der Waals surface area contributed by atoms with E-state index < -0.39 is 0 Å². The van der Waals surface area contributed by atoms with E-state index in [-0.39, 0.29) is 12.5 Å². The molecule has 0 heterocycles. The van der Waals surface area contributed by atoms with Gasteiger partial charge in [0.2, 0.25) is 5.91 Å². The van der Waals surface area contributed by atoms with Crippen LogP contribution in [0.1, 0.15) is 25.7 Å². The first-order valence-corrected chi connectivity index (χ1v) is 5.84. The normalized spacial score (nSPS) is 15.2. The van der Waals surface area contributed by atoms with Crippen LogP contribution >= 0.6 is 0 Å². The zero-order valence-corrected chi connectivity index (χ0v) is 9.61. The summed E-state index contributed by atoms with van der Waals surface area (Å²) < 4.78 is 0. The molecule has 1 aliphatic rings. The number of carbonyl (C=O) groups excluding carboxylic acids is 1. The third-order valence-electron chi connectivity index (χ3n) is 2.90. The summed E-state index contributed by atoms with van der Waals surface area (Å²) >= 11 is 0. The van der Waals surface area contributed by atoms with E-state index in [0.717, 1.165) is 12.8 Å². The Morgan fingerprint density at radius 1 is 1.56 bits per heavy atom. The van der Waals surface area contributed by atoms with Gasteiger partial charge in [0, 0.05) is 19.2 Å². The van der Waals surface area contributed by atoms with E-state index in [0.29, 0.717) is 32.1 Å². The first-order chi connectivity index (χ1) is 7.79. The highest BCUT2D eigenvalue weighted by Crippen LogP contribution is 2.24.